The maximum Gasteiger partial charge on any atom is 0.335 e. The Bertz CT molecular complexity index is 1100. The number of fused-ring (bicyclic) bond motifs is 1. The number of aromatic carboxylic acids is 1. The Morgan fingerprint density at radius 2 is 1.55 bits per heavy atom. The van der Waals surface area contributed by atoms with Gasteiger partial charge in [-0.05, 0) is 54.0 Å². The predicted molar refractivity (Wildman–Crippen MR) is 118 cm³/mol. The molecule has 0 spiro atoms. The average Bonchev–Trinajstić information content (AvgIpc) is 2.73. The minimum absolute atomic E-state index is 0.0895. The fourth-order valence-electron chi connectivity index (χ4n) is 5.13. The first-order valence-corrected chi connectivity index (χ1v) is 10.4. The summed E-state index contributed by atoms with van der Waals surface area (Å²) in [6, 6.07) is 12.7. The minimum atomic E-state index is -0.933. The molecule has 0 radical (unpaired) electrons. The van der Waals surface area contributed by atoms with Gasteiger partial charge in [0.25, 0.3) is 5.91 Å². The van der Waals surface area contributed by atoms with Gasteiger partial charge >= 0.3 is 5.97 Å². The van der Waals surface area contributed by atoms with Crippen LogP contribution < -0.4 is 0 Å². The van der Waals surface area contributed by atoms with Crippen LogP contribution in [0.1, 0.15) is 53.5 Å². The summed E-state index contributed by atoms with van der Waals surface area (Å²) in [5, 5.41) is 9.17. The van der Waals surface area contributed by atoms with Gasteiger partial charge in [0.1, 0.15) is 5.82 Å². The third kappa shape index (κ3) is 3.69. The standard InChI is InChI=1S/C26H26FNO3/c1-25(2)21(17-4-6-19(7-5-17)24(30)31)12-14-26(3)16-28(15-13-22(25)26)23(29)18-8-10-20(27)11-9-18/h4-13H,14-16H2,1-3H3,(H,30,31)/t26-/m1/s1. The number of rotatable bonds is 3. The molecule has 1 aliphatic carbocycles. The fraction of sp³-hybridized carbons (Fsp3) is 0.308. The summed E-state index contributed by atoms with van der Waals surface area (Å²) in [5.74, 6) is -1.38. The minimum Gasteiger partial charge on any atom is -0.478 e. The highest BCUT2D eigenvalue weighted by atomic mass is 19.1. The molecule has 0 aromatic heterocycles. The van der Waals surface area contributed by atoms with Crippen LogP contribution in [0.5, 0.6) is 0 Å². The molecule has 0 bridgehead atoms. The Hall–Kier alpha value is -3.21. The van der Waals surface area contributed by atoms with E-state index in [-0.39, 0.29) is 28.1 Å². The highest BCUT2D eigenvalue weighted by molar-refractivity contribution is 5.94. The smallest absolute Gasteiger partial charge is 0.335 e. The number of hydrogen-bond donors (Lipinski definition) is 1. The third-order valence-corrected chi connectivity index (χ3v) is 6.63. The summed E-state index contributed by atoms with van der Waals surface area (Å²) in [6.07, 6.45) is 5.16. The van der Waals surface area contributed by atoms with Gasteiger partial charge in [0, 0.05) is 29.5 Å². The van der Waals surface area contributed by atoms with Gasteiger partial charge in [0.05, 0.1) is 5.56 Å². The first kappa shape index (κ1) is 21.0. The molecule has 5 heteroatoms. The molecule has 1 N–H and O–H groups in total. The molecule has 0 saturated heterocycles. The number of benzene rings is 2. The van der Waals surface area contributed by atoms with E-state index < -0.39 is 5.97 Å². The SMILES string of the molecule is CC1(C)C(c2ccc(C(=O)O)cc2)=CC[C@]2(C)CN(C(=O)c3ccc(F)cc3)CC=C12. The lowest BCUT2D eigenvalue weighted by Crippen LogP contribution is -2.48. The first-order chi connectivity index (χ1) is 14.6. The van der Waals surface area contributed by atoms with Crippen molar-refractivity contribution in [2.75, 3.05) is 13.1 Å². The van der Waals surface area contributed by atoms with Crippen molar-refractivity contribution in [1.82, 2.24) is 4.90 Å². The van der Waals surface area contributed by atoms with Crippen LogP contribution in [0.2, 0.25) is 0 Å². The van der Waals surface area contributed by atoms with Crippen LogP contribution in [0.15, 0.2) is 66.3 Å². The van der Waals surface area contributed by atoms with Gasteiger partial charge in [-0.2, -0.15) is 0 Å². The molecular formula is C26H26FNO3. The van der Waals surface area contributed by atoms with Gasteiger partial charge in [0.15, 0.2) is 0 Å². The second-order valence-corrected chi connectivity index (χ2v) is 9.20. The number of carboxylic acids is 1. The molecule has 1 amide bonds. The highest BCUT2D eigenvalue weighted by Gasteiger charge is 2.46. The molecule has 2 aromatic rings. The van der Waals surface area contributed by atoms with Gasteiger partial charge in [-0.3, -0.25) is 4.79 Å². The Morgan fingerprint density at radius 3 is 2.16 bits per heavy atom. The summed E-state index contributed by atoms with van der Waals surface area (Å²) in [7, 11) is 0. The second kappa shape index (κ2) is 7.49. The Morgan fingerprint density at radius 1 is 0.935 bits per heavy atom. The van der Waals surface area contributed by atoms with E-state index in [0.717, 1.165) is 12.0 Å². The number of carbonyl (C=O) groups excluding carboxylic acids is 1. The molecule has 4 rings (SSSR count). The molecule has 0 fully saturated rings. The van der Waals surface area contributed by atoms with E-state index in [9.17, 15) is 14.0 Å². The quantitative estimate of drug-likeness (QED) is 0.676. The van der Waals surface area contributed by atoms with Crippen LogP contribution in [-0.2, 0) is 0 Å². The van der Waals surface area contributed by atoms with Crippen molar-refractivity contribution in [2.45, 2.75) is 27.2 Å². The van der Waals surface area contributed by atoms with Gasteiger partial charge in [0.2, 0.25) is 0 Å². The lowest BCUT2D eigenvalue weighted by molar-refractivity contribution is 0.0678. The number of hydrogen-bond acceptors (Lipinski definition) is 2. The number of halogens is 1. The first-order valence-electron chi connectivity index (χ1n) is 10.4. The molecule has 1 aliphatic heterocycles. The molecule has 0 unspecified atom stereocenters. The molecule has 0 saturated carbocycles. The molecule has 2 aromatic carbocycles. The van der Waals surface area contributed by atoms with Crippen molar-refractivity contribution in [1.29, 1.82) is 0 Å². The topological polar surface area (TPSA) is 57.6 Å². The molecule has 1 heterocycles. The lowest BCUT2D eigenvalue weighted by atomic mass is 9.58. The van der Waals surface area contributed by atoms with Crippen LogP contribution in [-0.4, -0.2) is 35.0 Å². The lowest BCUT2D eigenvalue weighted by Gasteiger charge is -2.50. The molecule has 1 atom stereocenters. The number of nitrogens with zero attached hydrogens (tertiary/aromatic N) is 1. The summed E-state index contributed by atoms with van der Waals surface area (Å²) < 4.78 is 13.2. The molecule has 4 nitrogen and oxygen atoms in total. The van der Waals surface area contributed by atoms with Crippen LogP contribution in [0.4, 0.5) is 4.39 Å². The van der Waals surface area contributed by atoms with Crippen molar-refractivity contribution in [3.63, 3.8) is 0 Å². The largest absolute Gasteiger partial charge is 0.478 e. The zero-order chi connectivity index (χ0) is 22.4. The van der Waals surface area contributed by atoms with E-state index in [2.05, 4.69) is 32.9 Å². The van der Waals surface area contributed by atoms with E-state index in [4.69, 9.17) is 5.11 Å². The maximum absolute atomic E-state index is 13.2. The molecular weight excluding hydrogens is 393 g/mol. The van der Waals surface area contributed by atoms with Gasteiger partial charge in [-0.25, -0.2) is 9.18 Å². The van der Waals surface area contributed by atoms with Crippen LogP contribution in [0.25, 0.3) is 5.57 Å². The van der Waals surface area contributed by atoms with Gasteiger partial charge in [-0.15, -0.1) is 0 Å². The average molecular weight is 419 g/mol. The number of allylic oxidation sites excluding steroid dienone is 2. The molecule has 31 heavy (non-hydrogen) atoms. The van der Waals surface area contributed by atoms with E-state index in [1.54, 1.807) is 12.1 Å². The summed E-state index contributed by atoms with van der Waals surface area (Å²) in [6.45, 7) is 7.66. The van der Waals surface area contributed by atoms with E-state index >= 15 is 0 Å². The normalized spacial score (nSPS) is 22.3. The Labute approximate surface area is 181 Å². The zero-order valence-corrected chi connectivity index (χ0v) is 18.0. The van der Waals surface area contributed by atoms with Gasteiger partial charge < -0.3 is 10.0 Å². The van der Waals surface area contributed by atoms with Gasteiger partial charge in [-0.1, -0.05) is 50.6 Å². The molecule has 2 aliphatic rings. The number of amides is 1. The maximum atomic E-state index is 13.2. The van der Waals surface area contributed by atoms with Crippen LogP contribution >= 0.6 is 0 Å². The number of carboxylic acid groups (broad SMARTS) is 1. The number of carbonyl (C=O) groups is 2. The summed E-state index contributed by atoms with van der Waals surface area (Å²) >= 11 is 0. The fourth-order valence-corrected chi connectivity index (χ4v) is 5.13. The van der Waals surface area contributed by atoms with E-state index in [1.807, 2.05) is 17.0 Å². The Balaban J connectivity index is 1.62. The second-order valence-electron chi connectivity index (χ2n) is 9.20. The highest BCUT2D eigenvalue weighted by Crippen LogP contribution is 2.55. The Kier molecular flexibility index (Phi) is 5.08. The van der Waals surface area contributed by atoms with E-state index in [1.165, 1.54) is 35.4 Å². The third-order valence-electron chi connectivity index (χ3n) is 6.63. The predicted octanol–water partition coefficient (Wildman–Crippen LogP) is 5.43. The monoisotopic (exact) mass is 419 g/mol. The van der Waals surface area contributed by atoms with Crippen LogP contribution in [0.3, 0.4) is 0 Å². The summed E-state index contributed by atoms with van der Waals surface area (Å²) in [4.78, 5) is 26.0. The summed E-state index contributed by atoms with van der Waals surface area (Å²) in [5.41, 5.74) is 3.81. The van der Waals surface area contributed by atoms with Crippen molar-refractivity contribution in [3.05, 3.63) is 88.8 Å². The van der Waals surface area contributed by atoms with Crippen molar-refractivity contribution in [2.24, 2.45) is 10.8 Å². The van der Waals surface area contributed by atoms with Crippen molar-refractivity contribution < 1.29 is 19.1 Å². The zero-order valence-electron chi connectivity index (χ0n) is 18.0. The van der Waals surface area contributed by atoms with E-state index in [0.29, 0.717) is 18.7 Å². The van der Waals surface area contributed by atoms with Crippen LogP contribution in [0, 0.1) is 16.6 Å². The molecule has 160 valence electrons. The van der Waals surface area contributed by atoms with Crippen molar-refractivity contribution >= 4 is 17.4 Å². The van der Waals surface area contributed by atoms with Crippen molar-refractivity contribution in [3.8, 4) is 0 Å².